The van der Waals surface area contributed by atoms with E-state index in [2.05, 4.69) is 10.6 Å². The molecule has 7 heteroatoms. The van der Waals surface area contributed by atoms with E-state index in [1.165, 1.54) is 6.92 Å². The first kappa shape index (κ1) is 22.1. The van der Waals surface area contributed by atoms with Crippen LogP contribution in [0.15, 0.2) is 78.9 Å². The Balaban J connectivity index is 1.48. The zero-order valence-corrected chi connectivity index (χ0v) is 18.0. The van der Waals surface area contributed by atoms with Gasteiger partial charge in [-0.25, -0.2) is 4.79 Å². The number of aliphatic carboxylic acids is 1. The Morgan fingerprint density at radius 2 is 1.39 bits per heavy atom. The molecule has 1 aliphatic carbocycles. The van der Waals surface area contributed by atoms with Crippen LogP contribution < -0.4 is 10.6 Å². The van der Waals surface area contributed by atoms with Crippen molar-refractivity contribution in [2.75, 3.05) is 6.61 Å². The van der Waals surface area contributed by atoms with E-state index in [4.69, 9.17) is 9.84 Å². The van der Waals surface area contributed by atoms with Crippen LogP contribution in [0, 0.1) is 0 Å². The number of hydrogen-bond acceptors (Lipinski definition) is 4. The van der Waals surface area contributed by atoms with Crippen molar-refractivity contribution in [3.8, 4) is 11.1 Å². The van der Waals surface area contributed by atoms with Gasteiger partial charge in [-0.15, -0.1) is 0 Å². The van der Waals surface area contributed by atoms with Gasteiger partial charge in [0.2, 0.25) is 5.91 Å². The van der Waals surface area contributed by atoms with E-state index in [1.54, 1.807) is 30.3 Å². The first-order chi connectivity index (χ1) is 16.0. The minimum absolute atomic E-state index is 0.106. The molecular formula is C26H24N2O5. The molecule has 7 nitrogen and oxygen atoms in total. The van der Waals surface area contributed by atoms with Crippen LogP contribution in [0.3, 0.4) is 0 Å². The minimum Gasteiger partial charge on any atom is -0.480 e. The summed E-state index contributed by atoms with van der Waals surface area (Å²) in [6, 6.07) is 22.4. The average molecular weight is 444 g/mol. The molecule has 0 unspecified atom stereocenters. The number of carbonyl (C=O) groups excluding carboxylic acids is 2. The van der Waals surface area contributed by atoms with E-state index in [-0.39, 0.29) is 12.5 Å². The van der Waals surface area contributed by atoms with Crippen molar-refractivity contribution in [3.63, 3.8) is 0 Å². The molecule has 0 heterocycles. The van der Waals surface area contributed by atoms with Gasteiger partial charge < -0.3 is 20.5 Å². The Morgan fingerprint density at radius 3 is 1.97 bits per heavy atom. The highest BCUT2D eigenvalue weighted by molar-refractivity contribution is 5.90. The maximum Gasteiger partial charge on any atom is 0.408 e. The first-order valence-electron chi connectivity index (χ1n) is 10.7. The Hall–Kier alpha value is -4.13. The molecule has 3 aromatic rings. The summed E-state index contributed by atoms with van der Waals surface area (Å²) in [5.41, 5.74) is 4.91. The Bertz CT molecular complexity index is 1130. The predicted molar refractivity (Wildman–Crippen MR) is 123 cm³/mol. The van der Waals surface area contributed by atoms with Crippen molar-refractivity contribution in [1.29, 1.82) is 0 Å². The molecule has 4 rings (SSSR count). The molecule has 0 aliphatic heterocycles. The summed E-state index contributed by atoms with van der Waals surface area (Å²) in [6.45, 7) is 1.46. The monoisotopic (exact) mass is 444 g/mol. The van der Waals surface area contributed by atoms with Gasteiger partial charge in [0.15, 0.2) is 0 Å². The van der Waals surface area contributed by atoms with Gasteiger partial charge in [-0.3, -0.25) is 9.59 Å². The van der Waals surface area contributed by atoms with Crippen molar-refractivity contribution >= 4 is 18.0 Å². The molecule has 33 heavy (non-hydrogen) atoms. The molecule has 0 bridgehead atoms. The summed E-state index contributed by atoms with van der Waals surface area (Å²) in [4.78, 5) is 36.6. The number of rotatable bonds is 7. The molecule has 0 saturated carbocycles. The maximum atomic E-state index is 12.7. The SMILES string of the molecule is C[C@H](NC(=O)[C@H](NC(=O)OCC1c2ccccc2-c2ccccc21)c1ccccc1)C(=O)O. The van der Waals surface area contributed by atoms with Crippen LogP contribution in [0.25, 0.3) is 11.1 Å². The van der Waals surface area contributed by atoms with Gasteiger partial charge in [-0.1, -0.05) is 78.9 Å². The molecule has 168 valence electrons. The number of hydrogen-bond donors (Lipinski definition) is 3. The number of alkyl carbamates (subject to hydrolysis) is 1. The zero-order chi connectivity index (χ0) is 23.4. The summed E-state index contributed by atoms with van der Waals surface area (Å²) >= 11 is 0. The highest BCUT2D eigenvalue weighted by Crippen LogP contribution is 2.44. The van der Waals surface area contributed by atoms with Gasteiger partial charge in [0, 0.05) is 5.92 Å². The topological polar surface area (TPSA) is 105 Å². The maximum absolute atomic E-state index is 12.7. The molecule has 2 amide bonds. The molecule has 0 aromatic heterocycles. The molecule has 0 spiro atoms. The quantitative estimate of drug-likeness (QED) is 0.513. The molecule has 0 radical (unpaired) electrons. The van der Waals surface area contributed by atoms with Crippen LogP contribution in [0.4, 0.5) is 4.79 Å². The van der Waals surface area contributed by atoms with Crippen LogP contribution in [-0.2, 0) is 14.3 Å². The van der Waals surface area contributed by atoms with E-state index in [1.807, 2.05) is 48.5 Å². The summed E-state index contributed by atoms with van der Waals surface area (Å²) < 4.78 is 5.55. The third-order valence-corrected chi connectivity index (χ3v) is 5.73. The van der Waals surface area contributed by atoms with Gasteiger partial charge in [0.1, 0.15) is 18.7 Å². The zero-order valence-electron chi connectivity index (χ0n) is 18.0. The third-order valence-electron chi connectivity index (χ3n) is 5.73. The van der Waals surface area contributed by atoms with Gasteiger partial charge in [-0.05, 0) is 34.7 Å². The lowest BCUT2D eigenvalue weighted by molar-refractivity contribution is -0.141. The molecule has 2 atom stereocenters. The fraction of sp³-hybridized carbons (Fsp3) is 0.192. The Labute approximate surface area is 191 Å². The number of benzene rings is 3. The Morgan fingerprint density at radius 1 is 0.848 bits per heavy atom. The standard InChI is InChI=1S/C26H24N2O5/c1-16(25(30)31)27-24(29)23(17-9-3-2-4-10-17)28-26(32)33-15-22-20-13-7-5-11-18(20)19-12-6-8-14-21(19)22/h2-14,16,22-23H,15H2,1H3,(H,27,29)(H,28,32)(H,30,31)/t16-,23+/m0/s1. The first-order valence-corrected chi connectivity index (χ1v) is 10.7. The fourth-order valence-corrected chi connectivity index (χ4v) is 4.06. The normalized spacial score (nSPS) is 13.8. The van der Waals surface area contributed by atoms with Gasteiger partial charge in [0.25, 0.3) is 0 Å². The summed E-state index contributed by atoms with van der Waals surface area (Å²) in [5.74, 6) is -1.92. The number of nitrogens with one attached hydrogen (secondary N) is 2. The fourth-order valence-electron chi connectivity index (χ4n) is 4.06. The second-order valence-corrected chi connectivity index (χ2v) is 7.88. The lowest BCUT2D eigenvalue weighted by Crippen LogP contribution is -2.46. The molecule has 0 fully saturated rings. The molecule has 3 aromatic carbocycles. The highest BCUT2D eigenvalue weighted by atomic mass is 16.5. The molecule has 0 saturated heterocycles. The number of carboxylic acids is 1. The number of carbonyl (C=O) groups is 3. The number of carboxylic acid groups (broad SMARTS) is 1. The van der Waals surface area contributed by atoms with Crippen LogP contribution in [0.5, 0.6) is 0 Å². The largest absolute Gasteiger partial charge is 0.480 e. The van der Waals surface area contributed by atoms with Crippen molar-refractivity contribution < 1.29 is 24.2 Å². The lowest BCUT2D eigenvalue weighted by Gasteiger charge is -2.21. The van der Waals surface area contributed by atoms with Crippen molar-refractivity contribution in [2.45, 2.75) is 24.9 Å². The molecule has 1 aliphatic rings. The van der Waals surface area contributed by atoms with Crippen LogP contribution in [0.1, 0.15) is 35.6 Å². The van der Waals surface area contributed by atoms with Crippen molar-refractivity contribution in [2.24, 2.45) is 0 Å². The van der Waals surface area contributed by atoms with Crippen LogP contribution in [0.2, 0.25) is 0 Å². The second-order valence-electron chi connectivity index (χ2n) is 7.88. The third kappa shape index (κ3) is 4.72. The van der Waals surface area contributed by atoms with E-state index in [0.717, 1.165) is 22.3 Å². The van der Waals surface area contributed by atoms with Crippen molar-refractivity contribution in [1.82, 2.24) is 10.6 Å². The lowest BCUT2D eigenvalue weighted by atomic mass is 9.98. The van der Waals surface area contributed by atoms with Crippen molar-refractivity contribution in [3.05, 3.63) is 95.6 Å². The minimum atomic E-state index is -1.17. The van der Waals surface area contributed by atoms with Gasteiger partial charge in [0.05, 0.1) is 0 Å². The molecular weight excluding hydrogens is 420 g/mol. The van der Waals surface area contributed by atoms with Gasteiger partial charge >= 0.3 is 12.1 Å². The average Bonchev–Trinajstić information content (AvgIpc) is 3.15. The summed E-state index contributed by atoms with van der Waals surface area (Å²) in [7, 11) is 0. The van der Waals surface area contributed by atoms with E-state index < -0.39 is 30.1 Å². The summed E-state index contributed by atoms with van der Waals surface area (Å²) in [6.07, 6.45) is -0.760. The van der Waals surface area contributed by atoms with E-state index >= 15 is 0 Å². The number of amides is 2. The number of ether oxygens (including phenoxy) is 1. The van der Waals surface area contributed by atoms with E-state index in [9.17, 15) is 14.4 Å². The smallest absolute Gasteiger partial charge is 0.408 e. The molecule has 3 N–H and O–H groups in total. The predicted octanol–water partition coefficient (Wildman–Crippen LogP) is 3.86. The highest BCUT2D eigenvalue weighted by Gasteiger charge is 2.30. The second kappa shape index (κ2) is 9.56. The van der Waals surface area contributed by atoms with E-state index in [0.29, 0.717) is 5.56 Å². The number of fused-ring (bicyclic) bond motifs is 3. The van der Waals surface area contributed by atoms with Crippen LogP contribution >= 0.6 is 0 Å². The van der Waals surface area contributed by atoms with Crippen LogP contribution in [-0.4, -0.2) is 35.7 Å². The van der Waals surface area contributed by atoms with Gasteiger partial charge in [-0.2, -0.15) is 0 Å². The Kier molecular flexibility index (Phi) is 6.40. The summed E-state index contributed by atoms with van der Waals surface area (Å²) in [5, 5.41) is 14.1.